The van der Waals surface area contributed by atoms with E-state index in [0.29, 0.717) is 5.46 Å². The van der Waals surface area contributed by atoms with E-state index >= 15 is 0 Å². The van der Waals surface area contributed by atoms with E-state index in [4.69, 9.17) is 8.22 Å². The van der Waals surface area contributed by atoms with E-state index in [1.54, 1.807) is 0 Å². The highest BCUT2D eigenvalue weighted by atomic mass is 15.1. The molecule has 1 heterocycles. The molecule has 0 bridgehead atoms. The Bertz CT molecular complexity index is 994. The van der Waals surface area contributed by atoms with Crippen LogP contribution in [0.5, 0.6) is 0 Å². The Hall–Kier alpha value is -2.48. The van der Waals surface area contributed by atoms with Crippen LogP contribution in [0.4, 0.5) is 11.4 Å². The first-order valence-corrected chi connectivity index (χ1v) is 7.66. The van der Waals surface area contributed by atoms with Crippen molar-refractivity contribution in [2.75, 3.05) is 11.9 Å². The molecule has 0 amide bonds. The minimum Gasteiger partial charge on any atom is -0.345 e. The van der Waals surface area contributed by atoms with Gasteiger partial charge in [0.25, 0.3) is 0 Å². The van der Waals surface area contributed by atoms with Crippen LogP contribution in [0.2, 0.25) is 0 Å². The number of nitrogens with zero attached hydrogens (tertiary/aromatic N) is 1. The Morgan fingerprint density at radius 1 is 0.739 bits per heavy atom. The molecule has 4 rings (SSSR count). The van der Waals surface area contributed by atoms with Gasteiger partial charge >= 0.3 is 0 Å². The Morgan fingerprint density at radius 3 is 1.78 bits per heavy atom. The summed E-state index contributed by atoms with van der Waals surface area (Å²) in [4.78, 5) is 2.06. The first-order valence-electron chi connectivity index (χ1n) is 10.7. The number of hydrogen-bond donors (Lipinski definition) is 0. The molecule has 0 saturated carbocycles. The summed E-state index contributed by atoms with van der Waals surface area (Å²) >= 11 is 0. The molecular formula is C21H20BN. The van der Waals surface area contributed by atoms with Crippen molar-refractivity contribution in [1.29, 1.82) is 0 Å². The molecule has 0 N–H and O–H groups in total. The SMILES string of the molecule is [2H]C([2H])([2H])c1cccc(C([2H])([2H])[2H])c1B1c2ccccc2N(C)c2ccccc21. The van der Waals surface area contributed by atoms with Crippen LogP contribution in [0, 0.1) is 13.7 Å². The largest absolute Gasteiger partial charge is 0.345 e. The van der Waals surface area contributed by atoms with E-state index in [1.165, 1.54) is 18.2 Å². The van der Waals surface area contributed by atoms with Gasteiger partial charge in [0.1, 0.15) is 0 Å². The van der Waals surface area contributed by atoms with Gasteiger partial charge in [0.05, 0.1) is 0 Å². The monoisotopic (exact) mass is 303 g/mol. The predicted octanol–water partition coefficient (Wildman–Crippen LogP) is 2.90. The van der Waals surface area contributed by atoms with Crippen LogP contribution in [0.15, 0.2) is 66.7 Å². The van der Waals surface area contributed by atoms with Crippen LogP contribution in [0.1, 0.15) is 19.4 Å². The van der Waals surface area contributed by atoms with Gasteiger partial charge in [0.2, 0.25) is 6.71 Å². The number of para-hydroxylation sites is 2. The summed E-state index contributed by atoms with van der Waals surface area (Å²) in [5, 5.41) is 0. The Labute approximate surface area is 147 Å². The lowest BCUT2D eigenvalue weighted by Crippen LogP contribution is -2.58. The average Bonchev–Trinajstić information content (AvgIpc) is 2.67. The van der Waals surface area contributed by atoms with Crippen molar-refractivity contribution in [2.24, 2.45) is 0 Å². The number of rotatable bonds is 1. The fourth-order valence-electron chi connectivity index (χ4n) is 3.56. The number of benzene rings is 3. The van der Waals surface area contributed by atoms with Crippen LogP contribution in [-0.4, -0.2) is 13.8 Å². The smallest absolute Gasteiger partial charge is 0.247 e. The fraction of sp³-hybridized carbons (Fsp3) is 0.143. The van der Waals surface area contributed by atoms with Crippen molar-refractivity contribution in [3.05, 3.63) is 77.9 Å². The molecule has 3 aromatic carbocycles. The van der Waals surface area contributed by atoms with Gasteiger partial charge in [-0.05, 0) is 36.8 Å². The second kappa shape index (κ2) is 5.31. The molecule has 2 heteroatoms. The normalized spacial score (nSPS) is 17.8. The quantitative estimate of drug-likeness (QED) is 0.625. The van der Waals surface area contributed by atoms with Gasteiger partial charge in [-0.1, -0.05) is 71.2 Å². The highest BCUT2D eigenvalue weighted by Gasteiger charge is 2.34. The van der Waals surface area contributed by atoms with Gasteiger partial charge in [-0.15, -0.1) is 0 Å². The summed E-state index contributed by atoms with van der Waals surface area (Å²) in [6, 6.07) is 20.1. The second-order valence-electron chi connectivity index (χ2n) is 5.88. The van der Waals surface area contributed by atoms with Crippen LogP contribution in [0.3, 0.4) is 0 Å². The molecule has 3 aromatic rings. The van der Waals surface area contributed by atoms with Crippen molar-refractivity contribution in [1.82, 2.24) is 0 Å². The number of aryl methyl sites for hydroxylation is 2. The Kier molecular flexibility index (Phi) is 2.07. The second-order valence-corrected chi connectivity index (χ2v) is 5.88. The van der Waals surface area contributed by atoms with Gasteiger partial charge in [-0.3, -0.25) is 0 Å². The lowest BCUT2D eigenvalue weighted by atomic mass is 9.34. The molecule has 1 aliphatic rings. The molecule has 0 aliphatic carbocycles. The van der Waals surface area contributed by atoms with Crippen molar-refractivity contribution >= 4 is 34.5 Å². The third-order valence-electron chi connectivity index (χ3n) is 4.61. The molecule has 0 aromatic heterocycles. The average molecular weight is 303 g/mol. The number of anilines is 2. The molecule has 112 valence electrons. The summed E-state index contributed by atoms with van der Waals surface area (Å²) in [5.74, 6) is 0. The molecule has 0 spiro atoms. The standard InChI is InChI=1S/C21H20BN/c1-15-9-8-10-16(2)21(15)22-17-11-4-6-13-19(17)23(3)20-14-7-5-12-18(20)22/h4-14H,1-3H3/i1D3,2D3. The van der Waals surface area contributed by atoms with E-state index in [9.17, 15) is 0 Å². The zero-order chi connectivity index (χ0) is 21.0. The summed E-state index contributed by atoms with van der Waals surface area (Å²) in [6.45, 7) is -5.33. The first-order chi connectivity index (χ1) is 13.6. The highest BCUT2D eigenvalue weighted by molar-refractivity contribution is 6.98. The maximum absolute atomic E-state index is 8.08. The van der Waals surface area contributed by atoms with E-state index in [2.05, 4.69) is 4.90 Å². The fourth-order valence-corrected chi connectivity index (χ4v) is 3.56. The zero-order valence-electron chi connectivity index (χ0n) is 18.9. The summed E-state index contributed by atoms with van der Waals surface area (Å²) in [6.07, 6.45) is 0. The zero-order valence-corrected chi connectivity index (χ0v) is 12.9. The van der Waals surface area contributed by atoms with Crippen molar-refractivity contribution in [3.8, 4) is 0 Å². The summed E-state index contributed by atoms with van der Waals surface area (Å²) in [7, 11) is 1.97. The van der Waals surface area contributed by atoms with Crippen molar-refractivity contribution in [2.45, 2.75) is 13.7 Å². The Morgan fingerprint density at radius 2 is 1.26 bits per heavy atom. The Balaban J connectivity index is 2.13. The minimum atomic E-state index is -2.43. The topological polar surface area (TPSA) is 3.24 Å². The molecule has 23 heavy (non-hydrogen) atoms. The van der Waals surface area contributed by atoms with Gasteiger partial charge in [0.15, 0.2) is 0 Å². The molecule has 0 saturated heterocycles. The molecule has 0 radical (unpaired) electrons. The van der Waals surface area contributed by atoms with Crippen LogP contribution in [0.25, 0.3) is 0 Å². The van der Waals surface area contributed by atoms with Crippen molar-refractivity contribution < 1.29 is 8.22 Å². The van der Waals surface area contributed by atoms with E-state index in [0.717, 1.165) is 22.3 Å². The van der Waals surface area contributed by atoms with Crippen LogP contribution >= 0.6 is 0 Å². The molecular weight excluding hydrogens is 277 g/mol. The number of hydrogen-bond acceptors (Lipinski definition) is 1. The van der Waals surface area contributed by atoms with E-state index in [-0.39, 0.29) is 11.1 Å². The first kappa shape index (κ1) is 8.98. The van der Waals surface area contributed by atoms with Crippen LogP contribution in [-0.2, 0) is 0 Å². The van der Waals surface area contributed by atoms with Crippen molar-refractivity contribution in [3.63, 3.8) is 0 Å². The molecule has 0 unspecified atom stereocenters. The van der Waals surface area contributed by atoms with Gasteiger partial charge < -0.3 is 4.90 Å². The van der Waals surface area contributed by atoms with Gasteiger partial charge in [-0.25, -0.2) is 0 Å². The van der Waals surface area contributed by atoms with E-state index in [1.807, 2.05) is 55.6 Å². The lowest BCUT2D eigenvalue weighted by Gasteiger charge is -2.35. The highest BCUT2D eigenvalue weighted by Crippen LogP contribution is 2.26. The van der Waals surface area contributed by atoms with Crippen LogP contribution < -0.4 is 21.3 Å². The summed E-state index contributed by atoms with van der Waals surface area (Å²) < 4.78 is 48.5. The molecule has 0 fully saturated rings. The maximum atomic E-state index is 8.08. The predicted molar refractivity (Wildman–Crippen MR) is 102 cm³/mol. The summed E-state index contributed by atoms with van der Waals surface area (Å²) in [5.41, 5.74) is 4.21. The van der Waals surface area contributed by atoms with Gasteiger partial charge in [0, 0.05) is 26.6 Å². The maximum Gasteiger partial charge on any atom is 0.247 e. The molecule has 1 nitrogen and oxygen atoms in total. The third kappa shape index (κ3) is 2.09. The molecule has 0 atom stereocenters. The van der Waals surface area contributed by atoms with Gasteiger partial charge in [-0.2, -0.15) is 0 Å². The number of fused-ring (bicyclic) bond motifs is 2. The van der Waals surface area contributed by atoms with E-state index < -0.39 is 20.4 Å². The third-order valence-corrected chi connectivity index (χ3v) is 4.61. The molecule has 1 aliphatic heterocycles. The minimum absolute atomic E-state index is 0.0882. The lowest BCUT2D eigenvalue weighted by molar-refractivity contribution is 1.22.